The number of hydrogen-bond donors (Lipinski definition) is 1. The predicted molar refractivity (Wildman–Crippen MR) is 101 cm³/mol. The van der Waals surface area contributed by atoms with Gasteiger partial charge in [0.1, 0.15) is 6.10 Å². The Morgan fingerprint density at radius 2 is 2.08 bits per heavy atom. The lowest BCUT2D eigenvalue weighted by molar-refractivity contribution is -0.148. The first-order valence-corrected chi connectivity index (χ1v) is 9.51. The second kappa shape index (κ2) is 8.82. The lowest BCUT2D eigenvalue weighted by Crippen LogP contribution is -2.46. The van der Waals surface area contributed by atoms with Gasteiger partial charge in [0.05, 0.1) is 30.1 Å². The van der Waals surface area contributed by atoms with E-state index in [1.54, 1.807) is 24.0 Å². The number of morpholine rings is 1. The van der Waals surface area contributed by atoms with Gasteiger partial charge in [0.2, 0.25) is 0 Å². The minimum Gasteiger partial charge on any atom is -0.370 e. The maximum atomic E-state index is 12.5. The molecule has 0 spiro atoms. The topological polar surface area (TPSA) is 71.5 Å². The lowest BCUT2D eigenvalue weighted by Gasteiger charge is -2.32. The zero-order chi connectivity index (χ0) is 18.4. The summed E-state index contributed by atoms with van der Waals surface area (Å²) in [4.78, 5) is 30.6. The molecule has 1 fully saturated rings. The number of thioether (sulfide) groups is 1. The van der Waals surface area contributed by atoms with Crippen molar-refractivity contribution < 1.29 is 14.3 Å². The number of nitrogens with zero attached hydrogens (tertiary/aromatic N) is 2. The highest BCUT2D eigenvalue weighted by atomic mass is 32.2. The third kappa shape index (κ3) is 4.62. The maximum absolute atomic E-state index is 12.5. The van der Waals surface area contributed by atoms with Crippen LogP contribution in [-0.4, -0.2) is 47.1 Å². The Morgan fingerprint density at radius 1 is 1.27 bits per heavy atom. The Hall–Kier alpha value is -2.38. The molecule has 3 rings (SSSR count). The predicted octanol–water partition coefficient (Wildman–Crippen LogP) is 2.73. The smallest absolute Gasteiger partial charge is 0.313 e. The summed E-state index contributed by atoms with van der Waals surface area (Å²) in [5, 5.41) is 3.51. The van der Waals surface area contributed by atoms with Crippen molar-refractivity contribution in [2.75, 3.05) is 30.8 Å². The Morgan fingerprint density at radius 3 is 2.77 bits per heavy atom. The number of rotatable bonds is 4. The molecular weight excluding hydrogens is 350 g/mol. The highest BCUT2D eigenvalue weighted by Crippen LogP contribution is 2.22. The van der Waals surface area contributed by atoms with Crippen LogP contribution in [0.4, 0.5) is 5.69 Å². The van der Waals surface area contributed by atoms with Crippen LogP contribution >= 0.6 is 11.8 Å². The van der Waals surface area contributed by atoms with E-state index in [9.17, 15) is 9.59 Å². The third-order valence-corrected chi connectivity index (χ3v) is 4.83. The van der Waals surface area contributed by atoms with E-state index in [4.69, 9.17) is 4.74 Å². The average Bonchev–Trinajstić information content (AvgIpc) is 2.70. The highest BCUT2D eigenvalue weighted by molar-refractivity contribution is 7.99. The summed E-state index contributed by atoms with van der Waals surface area (Å²) in [7, 11) is 0. The van der Waals surface area contributed by atoms with E-state index in [0.717, 1.165) is 16.3 Å². The van der Waals surface area contributed by atoms with Crippen molar-refractivity contribution in [1.82, 2.24) is 9.88 Å². The molecule has 0 saturated carbocycles. The molecule has 1 aromatic carbocycles. The average molecular weight is 371 g/mol. The third-order valence-electron chi connectivity index (χ3n) is 4.01. The number of anilines is 1. The minimum atomic E-state index is -0.656. The van der Waals surface area contributed by atoms with E-state index in [1.807, 2.05) is 43.3 Å². The van der Waals surface area contributed by atoms with Crippen LogP contribution in [0.2, 0.25) is 0 Å². The quantitative estimate of drug-likeness (QED) is 0.661. The molecule has 2 amide bonds. The molecule has 6 nitrogen and oxygen atoms in total. The fourth-order valence-corrected chi connectivity index (χ4v) is 3.31. The number of carbonyl (C=O) groups excluding carboxylic acids is 2. The summed E-state index contributed by atoms with van der Waals surface area (Å²) >= 11 is 1.62. The molecule has 7 heteroatoms. The van der Waals surface area contributed by atoms with Crippen LogP contribution in [0, 0.1) is 0 Å². The second-order valence-corrected chi connectivity index (χ2v) is 7.08. The molecular formula is C19H21N3O3S. The number of carbonyl (C=O) groups is 2. The van der Waals surface area contributed by atoms with Crippen molar-refractivity contribution in [1.29, 1.82) is 0 Å². The van der Waals surface area contributed by atoms with Crippen LogP contribution in [0.3, 0.4) is 0 Å². The monoisotopic (exact) mass is 371 g/mol. The first-order valence-electron chi connectivity index (χ1n) is 8.53. The molecule has 1 aliphatic rings. The molecule has 2 aromatic rings. The van der Waals surface area contributed by atoms with Gasteiger partial charge in [-0.15, -0.1) is 11.8 Å². The van der Waals surface area contributed by atoms with Gasteiger partial charge < -0.3 is 15.0 Å². The Balaban J connectivity index is 1.60. The largest absolute Gasteiger partial charge is 0.370 e. The van der Waals surface area contributed by atoms with Crippen LogP contribution in [0.15, 0.2) is 53.7 Å². The van der Waals surface area contributed by atoms with Gasteiger partial charge in [0.25, 0.3) is 0 Å². The summed E-state index contributed by atoms with van der Waals surface area (Å²) in [6, 6.07) is 13.3. The molecule has 2 heterocycles. The van der Waals surface area contributed by atoms with Crippen LogP contribution in [0.5, 0.6) is 0 Å². The van der Waals surface area contributed by atoms with Gasteiger partial charge in [-0.05, 0) is 23.4 Å². The Kier molecular flexibility index (Phi) is 6.25. The van der Waals surface area contributed by atoms with E-state index >= 15 is 0 Å². The molecule has 0 bridgehead atoms. The van der Waals surface area contributed by atoms with E-state index in [2.05, 4.69) is 10.3 Å². The van der Waals surface area contributed by atoms with E-state index in [-0.39, 0.29) is 6.10 Å². The molecule has 136 valence electrons. The van der Waals surface area contributed by atoms with Gasteiger partial charge in [0, 0.05) is 6.54 Å². The maximum Gasteiger partial charge on any atom is 0.313 e. The summed E-state index contributed by atoms with van der Waals surface area (Å²) in [6.45, 7) is 3.22. The van der Waals surface area contributed by atoms with Crippen LogP contribution in [0.1, 0.15) is 18.6 Å². The number of ether oxygens (including phenoxy) is 1. The molecule has 1 aromatic heterocycles. The number of pyridine rings is 1. The Labute approximate surface area is 156 Å². The summed E-state index contributed by atoms with van der Waals surface area (Å²) in [6.07, 6.45) is 1.35. The number of aromatic nitrogens is 1. The van der Waals surface area contributed by atoms with Crippen molar-refractivity contribution in [2.45, 2.75) is 18.1 Å². The summed E-state index contributed by atoms with van der Waals surface area (Å²) < 4.78 is 5.74. The van der Waals surface area contributed by atoms with E-state index in [0.29, 0.717) is 25.4 Å². The van der Waals surface area contributed by atoms with Crippen LogP contribution in [-0.2, 0) is 14.3 Å². The second-order valence-electron chi connectivity index (χ2n) is 5.79. The first kappa shape index (κ1) is 18.4. The summed E-state index contributed by atoms with van der Waals surface area (Å²) in [5.74, 6) is -0.283. The molecule has 26 heavy (non-hydrogen) atoms. The highest BCUT2D eigenvalue weighted by Gasteiger charge is 2.29. The SMILES string of the molecule is CCSc1ccc(NC(=O)C(=O)N2CCOC(c3ccccc3)C2)cn1. The van der Waals surface area contributed by atoms with Crippen molar-refractivity contribution in [3.8, 4) is 0 Å². The number of nitrogens with one attached hydrogen (secondary N) is 1. The standard InChI is InChI=1S/C19H21N3O3S/c1-2-26-17-9-8-15(12-20-17)21-18(23)19(24)22-10-11-25-16(13-22)14-6-4-3-5-7-14/h3-9,12,16H,2,10-11,13H2,1H3,(H,21,23). The van der Waals surface area contributed by atoms with Gasteiger partial charge in [-0.25, -0.2) is 4.98 Å². The van der Waals surface area contributed by atoms with Crippen LogP contribution < -0.4 is 5.32 Å². The lowest BCUT2D eigenvalue weighted by atomic mass is 10.1. The van der Waals surface area contributed by atoms with E-state index < -0.39 is 11.8 Å². The summed E-state index contributed by atoms with van der Waals surface area (Å²) in [5.41, 5.74) is 1.51. The zero-order valence-corrected chi connectivity index (χ0v) is 15.4. The Bertz CT molecular complexity index is 752. The first-order chi connectivity index (χ1) is 12.7. The van der Waals surface area contributed by atoms with Crippen LogP contribution in [0.25, 0.3) is 0 Å². The van der Waals surface area contributed by atoms with Gasteiger partial charge in [-0.3, -0.25) is 9.59 Å². The van der Waals surface area contributed by atoms with Gasteiger partial charge in [-0.2, -0.15) is 0 Å². The number of amides is 2. The molecule has 0 radical (unpaired) electrons. The fourth-order valence-electron chi connectivity index (χ4n) is 2.72. The normalized spacial score (nSPS) is 17.0. The fraction of sp³-hybridized carbons (Fsp3) is 0.316. The van der Waals surface area contributed by atoms with Gasteiger partial charge >= 0.3 is 11.8 Å². The van der Waals surface area contributed by atoms with Crippen molar-refractivity contribution >= 4 is 29.3 Å². The van der Waals surface area contributed by atoms with E-state index in [1.165, 1.54) is 4.90 Å². The zero-order valence-electron chi connectivity index (χ0n) is 14.6. The molecule has 1 aliphatic heterocycles. The molecule has 1 atom stereocenters. The molecule has 0 aliphatic carbocycles. The van der Waals surface area contributed by atoms with Gasteiger partial charge in [0.15, 0.2) is 0 Å². The minimum absolute atomic E-state index is 0.214. The van der Waals surface area contributed by atoms with Crippen molar-refractivity contribution in [3.63, 3.8) is 0 Å². The number of benzene rings is 1. The molecule has 1 N–H and O–H groups in total. The molecule has 1 unspecified atom stereocenters. The van der Waals surface area contributed by atoms with Crippen molar-refractivity contribution in [2.24, 2.45) is 0 Å². The van der Waals surface area contributed by atoms with Gasteiger partial charge in [-0.1, -0.05) is 37.3 Å². The number of hydrogen-bond acceptors (Lipinski definition) is 5. The molecule has 1 saturated heterocycles. The van der Waals surface area contributed by atoms with Crippen molar-refractivity contribution in [3.05, 3.63) is 54.2 Å².